The molecule has 0 bridgehead atoms. The van der Waals surface area contributed by atoms with E-state index in [1.807, 2.05) is 6.92 Å². The molecule has 1 aliphatic rings. The van der Waals surface area contributed by atoms with Crippen molar-refractivity contribution in [1.82, 2.24) is 19.4 Å². The molecule has 0 aliphatic heterocycles. The summed E-state index contributed by atoms with van der Waals surface area (Å²) in [6.45, 7) is 1.86. The van der Waals surface area contributed by atoms with Crippen LogP contribution in [0.15, 0.2) is 45.9 Å². The highest BCUT2D eigenvalue weighted by atomic mass is 32.2. The van der Waals surface area contributed by atoms with Crippen molar-refractivity contribution in [1.29, 1.82) is 0 Å². The van der Waals surface area contributed by atoms with Crippen molar-refractivity contribution >= 4 is 16.0 Å². The predicted octanol–water partition coefficient (Wildman–Crippen LogP) is 2.84. The molecule has 0 radical (unpaired) electrons. The number of sulfonamides is 1. The van der Waals surface area contributed by atoms with E-state index in [4.69, 9.17) is 9.26 Å². The van der Waals surface area contributed by atoms with Crippen LogP contribution in [0.3, 0.4) is 0 Å². The summed E-state index contributed by atoms with van der Waals surface area (Å²) in [4.78, 5) is 9.11. The third-order valence-electron chi connectivity index (χ3n) is 4.81. The van der Waals surface area contributed by atoms with Gasteiger partial charge in [-0.15, -0.1) is 0 Å². The van der Waals surface area contributed by atoms with Gasteiger partial charge in [0.05, 0.1) is 35.5 Å². The number of hydrogen-bond donors (Lipinski definition) is 1. The number of nitrogens with one attached hydrogen (secondary N) is 1. The second-order valence-electron chi connectivity index (χ2n) is 7.24. The van der Waals surface area contributed by atoms with Crippen molar-refractivity contribution in [2.24, 2.45) is 0 Å². The lowest BCUT2D eigenvalue weighted by molar-refractivity contribution is 0.414. The van der Waals surface area contributed by atoms with E-state index in [1.54, 1.807) is 24.4 Å². The summed E-state index contributed by atoms with van der Waals surface area (Å²) in [6.07, 6.45) is 3.79. The van der Waals surface area contributed by atoms with Crippen LogP contribution < -0.4 is 10.1 Å². The lowest BCUT2D eigenvalue weighted by Gasteiger charge is -2.18. The lowest BCUT2D eigenvalue weighted by atomic mass is 10.1. The van der Waals surface area contributed by atoms with Gasteiger partial charge in [-0.25, -0.2) is 18.4 Å². The molecular weight excluding hydrogens is 406 g/mol. The average Bonchev–Trinajstić information content (AvgIpc) is 3.45. The third kappa shape index (κ3) is 4.29. The summed E-state index contributed by atoms with van der Waals surface area (Å²) < 4.78 is 37.8. The number of rotatable bonds is 8. The Morgan fingerprint density at radius 1 is 1.27 bits per heavy atom. The van der Waals surface area contributed by atoms with Crippen LogP contribution in [0.2, 0.25) is 0 Å². The molecule has 158 valence electrons. The standard InChI is InChI=1S/C20H23N5O4S/c1-13-10-19(29-24-13)17-11-21-20(22-14-4-5-14)23-18(17)12-25(2)30(26,27)16-8-6-15(28-3)7-9-16/h6-11,14H,4-5,12H2,1-3H3,(H,21,22,23). The maximum absolute atomic E-state index is 13.1. The van der Waals surface area contributed by atoms with Gasteiger partial charge in [0.2, 0.25) is 16.0 Å². The minimum Gasteiger partial charge on any atom is -0.497 e. The van der Waals surface area contributed by atoms with Gasteiger partial charge in [-0.3, -0.25) is 0 Å². The number of anilines is 1. The maximum atomic E-state index is 13.1. The third-order valence-corrected chi connectivity index (χ3v) is 6.63. The predicted molar refractivity (Wildman–Crippen MR) is 111 cm³/mol. The zero-order valence-corrected chi connectivity index (χ0v) is 17.8. The molecule has 0 spiro atoms. The fourth-order valence-electron chi connectivity index (χ4n) is 2.94. The SMILES string of the molecule is COc1ccc(S(=O)(=O)N(C)Cc2nc(NC3CC3)ncc2-c2cc(C)no2)cc1. The molecule has 0 atom stereocenters. The van der Waals surface area contributed by atoms with Crippen molar-refractivity contribution in [3.05, 3.63) is 47.9 Å². The van der Waals surface area contributed by atoms with Crippen LogP contribution in [-0.4, -0.2) is 48.0 Å². The fourth-order valence-corrected chi connectivity index (χ4v) is 4.07. The number of ether oxygens (including phenoxy) is 1. The fraction of sp³-hybridized carbons (Fsp3) is 0.350. The number of hydrogen-bond acceptors (Lipinski definition) is 8. The number of methoxy groups -OCH3 is 1. The highest BCUT2D eigenvalue weighted by Crippen LogP contribution is 2.28. The molecule has 3 aromatic rings. The Balaban J connectivity index is 1.65. The zero-order chi connectivity index (χ0) is 21.3. The van der Waals surface area contributed by atoms with Gasteiger partial charge >= 0.3 is 0 Å². The molecule has 0 unspecified atom stereocenters. The molecule has 2 heterocycles. The molecule has 0 amide bonds. The van der Waals surface area contributed by atoms with Gasteiger partial charge in [0.25, 0.3) is 0 Å². The van der Waals surface area contributed by atoms with Crippen molar-refractivity contribution in [3.63, 3.8) is 0 Å². The molecule has 1 saturated carbocycles. The van der Waals surface area contributed by atoms with E-state index in [-0.39, 0.29) is 11.4 Å². The molecule has 1 aromatic carbocycles. The highest BCUT2D eigenvalue weighted by Gasteiger charge is 2.26. The van der Waals surface area contributed by atoms with Gasteiger partial charge in [0.15, 0.2) is 5.76 Å². The number of aromatic nitrogens is 3. The molecule has 10 heteroatoms. The Hall–Kier alpha value is -2.98. The Kier molecular flexibility index (Phi) is 5.44. The van der Waals surface area contributed by atoms with Crippen LogP contribution in [0.5, 0.6) is 5.75 Å². The molecule has 1 N–H and O–H groups in total. The first-order valence-electron chi connectivity index (χ1n) is 9.53. The van der Waals surface area contributed by atoms with Gasteiger partial charge in [0.1, 0.15) is 5.75 Å². The normalized spacial score (nSPS) is 14.1. The Morgan fingerprint density at radius 2 is 2.00 bits per heavy atom. The monoisotopic (exact) mass is 429 g/mol. The number of aryl methyl sites for hydroxylation is 1. The van der Waals surface area contributed by atoms with Gasteiger partial charge < -0.3 is 14.6 Å². The molecule has 4 rings (SSSR count). The second-order valence-corrected chi connectivity index (χ2v) is 9.29. The first kappa shape index (κ1) is 20.3. The van der Waals surface area contributed by atoms with Gasteiger partial charge in [0, 0.05) is 25.4 Å². The van der Waals surface area contributed by atoms with Crippen LogP contribution in [0.25, 0.3) is 11.3 Å². The van der Waals surface area contributed by atoms with Crippen LogP contribution in [-0.2, 0) is 16.6 Å². The molecule has 1 aliphatic carbocycles. The molecule has 0 saturated heterocycles. The lowest BCUT2D eigenvalue weighted by Crippen LogP contribution is -2.27. The minimum absolute atomic E-state index is 0.0469. The number of benzene rings is 1. The van der Waals surface area contributed by atoms with E-state index >= 15 is 0 Å². The number of nitrogens with zero attached hydrogens (tertiary/aromatic N) is 4. The Labute approximate surface area is 175 Å². The first-order chi connectivity index (χ1) is 14.4. The first-order valence-corrected chi connectivity index (χ1v) is 11.0. The Bertz CT molecular complexity index is 1140. The van der Waals surface area contributed by atoms with E-state index in [0.717, 1.165) is 18.5 Å². The van der Waals surface area contributed by atoms with E-state index in [1.165, 1.54) is 30.6 Å². The van der Waals surface area contributed by atoms with E-state index < -0.39 is 10.0 Å². The maximum Gasteiger partial charge on any atom is 0.243 e. The smallest absolute Gasteiger partial charge is 0.243 e. The average molecular weight is 430 g/mol. The molecule has 1 fully saturated rings. The summed E-state index contributed by atoms with van der Waals surface area (Å²) in [7, 11) is -0.677. The minimum atomic E-state index is -3.73. The topological polar surface area (TPSA) is 110 Å². The summed E-state index contributed by atoms with van der Waals surface area (Å²) in [5.74, 6) is 1.56. The van der Waals surface area contributed by atoms with Crippen molar-refractivity contribution < 1.29 is 17.7 Å². The van der Waals surface area contributed by atoms with Crippen LogP contribution in [0, 0.1) is 6.92 Å². The van der Waals surface area contributed by atoms with Gasteiger partial charge in [-0.1, -0.05) is 5.16 Å². The largest absolute Gasteiger partial charge is 0.497 e. The molecule has 2 aromatic heterocycles. The summed E-state index contributed by atoms with van der Waals surface area (Å²) >= 11 is 0. The quantitative estimate of drug-likeness (QED) is 0.582. The molecule has 30 heavy (non-hydrogen) atoms. The van der Waals surface area contributed by atoms with E-state index in [2.05, 4.69) is 20.4 Å². The Morgan fingerprint density at radius 3 is 2.60 bits per heavy atom. The summed E-state index contributed by atoms with van der Waals surface area (Å²) in [6, 6.07) is 8.42. The van der Waals surface area contributed by atoms with Crippen molar-refractivity contribution in [3.8, 4) is 17.1 Å². The van der Waals surface area contributed by atoms with E-state index in [9.17, 15) is 8.42 Å². The van der Waals surface area contributed by atoms with Crippen LogP contribution in [0.1, 0.15) is 24.2 Å². The highest BCUT2D eigenvalue weighted by molar-refractivity contribution is 7.89. The second kappa shape index (κ2) is 8.04. The van der Waals surface area contributed by atoms with Gasteiger partial charge in [-0.05, 0) is 44.0 Å². The summed E-state index contributed by atoms with van der Waals surface area (Å²) in [5, 5.41) is 7.16. The van der Waals surface area contributed by atoms with E-state index in [0.29, 0.717) is 34.8 Å². The summed E-state index contributed by atoms with van der Waals surface area (Å²) in [5.41, 5.74) is 1.85. The van der Waals surface area contributed by atoms with Gasteiger partial charge in [-0.2, -0.15) is 4.31 Å². The van der Waals surface area contributed by atoms with Crippen LogP contribution in [0.4, 0.5) is 5.95 Å². The van der Waals surface area contributed by atoms with Crippen molar-refractivity contribution in [2.75, 3.05) is 19.5 Å². The molecule has 9 nitrogen and oxygen atoms in total. The van der Waals surface area contributed by atoms with Crippen LogP contribution >= 0.6 is 0 Å². The zero-order valence-electron chi connectivity index (χ0n) is 17.0. The van der Waals surface area contributed by atoms with Crippen molar-refractivity contribution in [2.45, 2.75) is 37.2 Å². The molecular formula is C20H23N5O4S.